The van der Waals surface area contributed by atoms with Crippen LogP contribution in [0.5, 0.6) is 0 Å². The van der Waals surface area contributed by atoms with Crippen LogP contribution in [0.25, 0.3) is 28.2 Å². The third-order valence-corrected chi connectivity index (χ3v) is 4.98. The minimum absolute atomic E-state index is 0.177. The highest BCUT2D eigenvalue weighted by Gasteiger charge is 2.23. The number of rotatable bonds is 3. The van der Waals surface area contributed by atoms with Gasteiger partial charge in [-0.1, -0.05) is 24.0 Å². The van der Waals surface area contributed by atoms with Gasteiger partial charge in [-0.3, -0.25) is 9.78 Å². The molecule has 0 aliphatic carbocycles. The minimum atomic E-state index is -1.24. The van der Waals surface area contributed by atoms with E-state index in [0.29, 0.717) is 37.1 Å². The van der Waals surface area contributed by atoms with Gasteiger partial charge < -0.3 is 14.8 Å². The molecule has 3 heterocycles. The van der Waals surface area contributed by atoms with Gasteiger partial charge in [0, 0.05) is 29.4 Å². The molecule has 0 unspecified atom stereocenters. The number of halogens is 1. The number of carboxylic acids is 1. The van der Waals surface area contributed by atoms with Crippen molar-refractivity contribution in [3.8, 4) is 11.1 Å². The lowest BCUT2D eigenvalue weighted by Gasteiger charge is -2.04. The number of hydrogen-bond donors (Lipinski definition) is 2. The standard InChI is InChI=1S/C18H9FN2O4S2/c19-11-2-8(1-9(3-11)17(23)24)13-7-20-6-10-4-12(25-15(10)13)5-14-16(22)21-18(26)27-14/h1-7H,(H,23,24)(H,21,22,26). The number of furan rings is 1. The number of thioether (sulfide) groups is 1. The quantitative estimate of drug-likeness (QED) is 0.510. The lowest BCUT2D eigenvalue weighted by molar-refractivity contribution is -0.115. The van der Waals surface area contributed by atoms with Crippen LogP contribution < -0.4 is 5.32 Å². The van der Waals surface area contributed by atoms with Gasteiger partial charge in [0.2, 0.25) is 0 Å². The molecule has 9 heteroatoms. The number of nitrogens with one attached hydrogen (secondary N) is 1. The average Bonchev–Trinajstić information content (AvgIpc) is 3.16. The van der Waals surface area contributed by atoms with Crippen molar-refractivity contribution in [2.24, 2.45) is 0 Å². The average molecular weight is 400 g/mol. The van der Waals surface area contributed by atoms with E-state index in [2.05, 4.69) is 10.3 Å². The predicted molar refractivity (Wildman–Crippen MR) is 103 cm³/mol. The Morgan fingerprint density at radius 2 is 2.11 bits per heavy atom. The predicted octanol–water partition coefficient (Wildman–Crippen LogP) is 3.82. The van der Waals surface area contributed by atoms with E-state index in [1.54, 1.807) is 18.3 Å². The van der Waals surface area contributed by atoms with Gasteiger partial charge in [0.1, 0.15) is 21.5 Å². The Labute approximate surface area is 161 Å². The second kappa shape index (κ2) is 6.60. The summed E-state index contributed by atoms with van der Waals surface area (Å²) >= 11 is 6.08. The second-order valence-electron chi connectivity index (χ2n) is 5.64. The highest BCUT2D eigenvalue weighted by molar-refractivity contribution is 8.26. The van der Waals surface area contributed by atoms with Crippen LogP contribution in [-0.2, 0) is 4.79 Å². The zero-order valence-electron chi connectivity index (χ0n) is 13.4. The molecule has 4 rings (SSSR count). The van der Waals surface area contributed by atoms with Gasteiger partial charge in [0.15, 0.2) is 0 Å². The van der Waals surface area contributed by atoms with Crippen molar-refractivity contribution in [3.63, 3.8) is 0 Å². The Kier molecular flexibility index (Phi) is 4.25. The van der Waals surface area contributed by atoms with Crippen molar-refractivity contribution in [2.45, 2.75) is 0 Å². The van der Waals surface area contributed by atoms with Crippen LogP contribution >= 0.6 is 24.0 Å². The maximum Gasteiger partial charge on any atom is 0.335 e. The highest BCUT2D eigenvalue weighted by atomic mass is 32.2. The minimum Gasteiger partial charge on any atom is -0.478 e. The summed E-state index contributed by atoms with van der Waals surface area (Å²) in [5.74, 6) is -1.82. The molecular weight excluding hydrogens is 391 g/mol. The van der Waals surface area contributed by atoms with E-state index in [-0.39, 0.29) is 11.5 Å². The van der Waals surface area contributed by atoms with Crippen LogP contribution in [0, 0.1) is 5.82 Å². The summed E-state index contributed by atoms with van der Waals surface area (Å²) in [5, 5.41) is 12.3. The topological polar surface area (TPSA) is 92.4 Å². The Morgan fingerprint density at radius 3 is 2.81 bits per heavy atom. The number of benzene rings is 1. The zero-order chi connectivity index (χ0) is 19.1. The molecular formula is C18H9FN2O4S2. The van der Waals surface area contributed by atoms with E-state index in [4.69, 9.17) is 21.7 Å². The monoisotopic (exact) mass is 400 g/mol. The molecule has 2 N–H and O–H groups in total. The van der Waals surface area contributed by atoms with Crippen LogP contribution in [0.3, 0.4) is 0 Å². The summed E-state index contributed by atoms with van der Waals surface area (Å²) in [6.07, 6.45) is 4.58. The molecule has 2 aromatic heterocycles. The molecule has 0 atom stereocenters. The smallest absolute Gasteiger partial charge is 0.335 e. The van der Waals surface area contributed by atoms with E-state index in [1.165, 1.54) is 18.3 Å². The number of nitrogens with zero attached hydrogens (tertiary/aromatic N) is 1. The molecule has 0 spiro atoms. The lowest BCUT2D eigenvalue weighted by Crippen LogP contribution is -2.17. The van der Waals surface area contributed by atoms with Crippen LogP contribution in [0.2, 0.25) is 0 Å². The van der Waals surface area contributed by atoms with Crippen molar-refractivity contribution >= 4 is 57.2 Å². The van der Waals surface area contributed by atoms with Crippen molar-refractivity contribution < 1.29 is 23.5 Å². The summed E-state index contributed by atoms with van der Waals surface area (Å²) in [5.41, 5.74) is 1.000. The molecule has 1 fully saturated rings. The molecule has 0 bridgehead atoms. The van der Waals surface area contributed by atoms with Crippen LogP contribution in [0.1, 0.15) is 16.1 Å². The van der Waals surface area contributed by atoms with Crippen LogP contribution in [0.4, 0.5) is 4.39 Å². The number of pyridine rings is 1. The van der Waals surface area contributed by atoms with Gasteiger partial charge in [0.05, 0.1) is 10.5 Å². The molecule has 0 radical (unpaired) electrons. The summed E-state index contributed by atoms with van der Waals surface area (Å²) in [6.45, 7) is 0. The molecule has 134 valence electrons. The van der Waals surface area contributed by atoms with E-state index >= 15 is 0 Å². The zero-order valence-corrected chi connectivity index (χ0v) is 15.0. The molecule has 1 aliphatic heterocycles. The maximum atomic E-state index is 13.8. The largest absolute Gasteiger partial charge is 0.478 e. The normalized spacial score (nSPS) is 15.5. The van der Waals surface area contributed by atoms with E-state index < -0.39 is 11.8 Å². The van der Waals surface area contributed by atoms with Crippen molar-refractivity contribution in [3.05, 3.63) is 58.7 Å². The van der Waals surface area contributed by atoms with Gasteiger partial charge in [-0.2, -0.15) is 0 Å². The highest BCUT2D eigenvalue weighted by Crippen LogP contribution is 2.33. The van der Waals surface area contributed by atoms with Crippen LogP contribution in [-0.4, -0.2) is 26.3 Å². The first kappa shape index (κ1) is 17.4. The Morgan fingerprint density at radius 1 is 1.30 bits per heavy atom. The number of aromatic nitrogens is 1. The van der Waals surface area contributed by atoms with Gasteiger partial charge in [-0.05, 0) is 29.8 Å². The number of carboxylic acid groups (broad SMARTS) is 1. The number of thiocarbonyl (C=S) groups is 1. The number of carbonyl (C=O) groups is 2. The molecule has 0 saturated carbocycles. The first-order valence-corrected chi connectivity index (χ1v) is 8.80. The fourth-order valence-corrected chi connectivity index (χ4v) is 3.70. The van der Waals surface area contributed by atoms with Crippen LogP contribution in [0.15, 0.2) is 46.0 Å². The molecule has 1 aliphatic rings. The first-order valence-electron chi connectivity index (χ1n) is 7.57. The van der Waals surface area contributed by atoms with E-state index in [9.17, 15) is 14.0 Å². The number of fused-ring (bicyclic) bond motifs is 1. The lowest BCUT2D eigenvalue weighted by atomic mass is 10.0. The van der Waals surface area contributed by atoms with Crippen molar-refractivity contribution in [1.82, 2.24) is 10.3 Å². The SMILES string of the molecule is O=C1NC(=S)SC1=Cc1cc2cncc(-c3cc(F)cc(C(=O)O)c3)c2o1. The number of carbonyl (C=O) groups excluding carboxylic acids is 1. The number of amides is 1. The Bertz CT molecular complexity index is 1170. The third-order valence-electron chi connectivity index (χ3n) is 3.81. The van der Waals surface area contributed by atoms with Gasteiger partial charge >= 0.3 is 5.97 Å². The molecule has 1 saturated heterocycles. The van der Waals surface area contributed by atoms with E-state index in [1.807, 2.05) is 0 Å². The molecule has 6 nitrogen and oxygen atoms in total. The second-order valence-corrected chi connectivity index (χ2v) is 7.36. The molecule has 3 aromatic rings. The van der Waals surface area contributed by atoms with E-state index in [0.717, 1.165) is 17.8 Å². The maximum absolute atomic E-state index is 13.8. The third kappa shape index (κ3) is 3.34. The molecule has 1 aromatic carbocycles. The fourth-order valence-electron chi connectivity index (χ4n) is 2.68. The molecule has 1 amide bonds. The van der Waals surface area contributed by atoms with Gasteiger partial charge in [0.25, 0.3) is 5.91 Å². The number of aromatic carboxylic acids is 1. The fraction of sp³-hybridized carbons (Fsp3) is 0. The molecule has 27 heavy (non-hydrogen) atoms. The first-order chi connectivity index (χ1) is 12.9. The Hall–Kier alpha value is -3.04. The van der Waals surface area contributed by atoms with Gasteiger partial charge in [-0.25, -0.2) is 9.18 Å². The number of hydrogen-bond acceptors (Lipinski definition) is 6. The summed E-state index contributed by atoms with van der Waals surface area (Å²) in [7, 11) is 0. The summed E-state index contributed by atoms with van der Waals surface area (Å²) < 4.78 is 20.0. The van der Waals surface area contributed by atoms with Crippen molar-refractivity contribution in [1.29, 1.82) is 0 Å². The van der Waals surface area contributed by atoms with Gasteiger partial charge in [-0.15, -0.1) is 0 Å². The Balaban J connectivity index is 1.83. The summed E-state index contributed by atoms with van der Waals surface area (Å²) in [6, 6.07) is 5.19. The summed E-state index contributed by atoms with van der Waals surface area (Å²) in [4.78, 5) is 27.5. The van der Waals surface area contributed by atoms with Crippen molar-refractivity contribution in [2.75, 3.05) is 0 Å².